The highest BCUT2D eigenvalue weighted by molar-refractivity contribution is 6.04. The molecule has 1 fully saturated rings. The fourth-order valence-corrected chi connectivity index (χ4v) is 1.70. The number of morpholine rings is 1. The van der Waals surface area contributed by atoms with E-state index >= 15 is 0 Å². The molecule has 1 aromatic heterocycles. The number of likely N-dealkylation sites (N-methyl/N-ethyl adjacent to an activating group) is 1. The van der Waals surface area contributed by atoms with Gasteiger partial charge < -0.3 is 30.9 Å². The highest BCUT2D eigenvalue weighted by atomic mass is 16.5. The first-order valence-corrected chi connectivity index (χ1v) is 7.66. The monoisotopic (exact) mass is 324 g/mol. The van der Waals surface area contributed by atoms with E-state index in [-0.39, 0.29) is 18.1 Å². The van der Waals surface area contributed by atoms with Gasteiger partial charge in [-0.15, -0.1) is 0 Å². The number of aldehydes is 1. The number of rotatable bonds is 4. The van der Waals surface area contributed by atoms with E-state index in [1.54, 1.807) is 6.92 Å². The van der Waals surface area contributed by atoms with Gasteiger partial charge in [0.2, 0.25) is 0 Å². The van der Waals surface area contributed by atoms with Crippen LogP contribution < -0.4 is 11.1 Å². The quantitative estimate of drug-likeness (QED) is 0.559. The van der Waals surface area contributed by atoms with Crippen LogP contribution in [-0.4, -0.2) is 66.8 Å². The van der Waals surface area contributed by atoms with E-state index < -0.39 is 0 Å². The summed E-state index contributed by atoms with van der Waals surface area (Å²) in [7, 11) is 2.11. The molecule has 0 amide bonds. The van der Waals surface area contributed by atoms with Gasteiger partial charge in [-0.25, -0.2) is 9.97 Å². The van der Waals surface area contributed by atoms with Gasteiger partial charge in [0.25, 0.3) is 0 Å². The SMILES string of the molecule is CC.CC(=N)c1c(N)ncnc1NCC=O.CN1CCOCC1. The highest BCUT2D eigenvalue weighted by Crippen LogP contribution is 2.16. The number of carbonyl (C=O) groups excluding carboxylic acids is 1. The Hall–Kier alpha value is -2.06. The zero-order valence-corrected chi connectivity index (χ0v) is 14.4. The predicted molar refractivity (Wildman–Crippen MR) is 93.2 cm³/mol. The van der Waals surface area contributed by atoms with E-state index in [9.17, 15) is 4.79 Å². The van der Waals surface area contributed by atoms with Crippen LogP contribution in [0.1, 0.15) is 26.3 Å². The smallest absolute Gasteiger partial charge is 0.141 e. The number of ether oxygens (including phenoxy) is 1. The second-order valence-electron chi connectivity index (χ2n) is 4.57. The summed E-state index contributed by atoms with van der Waals surface area (Å²) in [6.07, 6.45) is 2.00. The number of nitrogens with one attached hydrogen (secondary N) is 2. The third-order valence-corrected chi connectivity index (χ3v) is 2.84. The Morgan fingerprint density at radius 1 is 1.43 bits per heavy atom. The van der Waals surface area contributed by atoms with Crippen LogP contribution in [0.25, 0.3) is 0 Å². The van der Waals surface area contributed by atoms with Crippen LogP contribution in [0, 0.1) is 5.41 Å². The summed E-state index contributed by atoms with van der Waals surface area (Å²) in [5.74, 6) is 0.651. The molecule has 4 N–H and O–H groups in total. The Labute approximate surface area is 138 Å². The molecule has 0 atom stereocenters. The van der Waals surface area contributed by atoms with Gasteiger partial charge in [-0.2, -0.15) is 0 Å². The lowest BCUT2D eigenvalue weighted by atomic mass is 10.2. The first-order chi connectivity index (χ1) is 11.1. The van der Waals surface area contributed by atoms with Gasteiger partial charge in [-0.3, -0.25) is 0 Å². The number of hydrogen-bond donors (Lipinski definition) is 3. The molecular formula is C15H28N6O2. The molecule has 23 heavy (non-hydrogen) atoms. The van der Waals surface area contributed by atoms with Gasteiger partial charge >= 0.3 is 0 Å². The lowest BCUT2D eigenvalue weighted by Crippen LogP contribution is -2.32. The number of anilines is 2. The number of nitrogen functional groups attached to an aromatic ring is 1. The average molecular weight is 324 g/mol. The zero-order chi connectivity index (χ0) is 17.7. The normalized spacial score (nSPS) is 13.7. The molecule has 1 aliphatic heterocycles. The van der Waals surface area contributed by atoms with Crippen molar-refractivity contribution in [3.05, 3.63) is 11.9 Å². The zero-order valence-electron chi connectivity index (χ0n) is 14.4. The molecule has 8 nitrogen and oxygen atoms in total. The number of nitrogens with two attached hydrogens (primary N) is 1. The maximum absolute atomic E-state index is 10.2. The van der Waals surface area contributed by atoms with E-state index in [1.165, 1.54) is 6.33 Å². The fraction of sp³-hybridized carbons (Fsp3) is 0.600. The van der Waals surface area contributed by atoms with Crippen LogP contribution in [0.4, 0.5) is 11.6 Å². The van der Waals surface area contributed by atoms with Crippen LogP contribution in [0.3, 0.4) is 0 Å². The van der Waals surface area contributed by atoms with Crippen molar-refractivity contribution in [2.45, 2.75) is 20.8 Å². The predicted octanol–water partition coefficient (Wildman–Crippen LogP) is 1.03. The summed E-state index contributed by atoms with van der Waals surface area (Å²) in [6, 6.07) is 0. The van der Waals surface area contributed by atoms with Crippen molar-refractivity contribution in [1.82, 2.24) is 14.9 Å². The van der Waals surface area contributed by atoms with Gasteiger partial charge in [0.05, 0.1) is 25.3 Å². The summed E-state index contributed by atoms with van der Waals surface area (Å²) >= 11 is 0. The van der Waals surface area contributed by atoms with E-state index in [2.05, 4.69) is 27.2 Å². The lowest BCUT2D eigenvalue weighted by molar-refractivity contribution is -0.106. The van der Waals surface area contributed by atoms with Gasteiger partial charge in [-0.1, -0.05) is 13.8 Å². The number of hydrogen-bond acceptors (Lipinski definition) is 8. The number of nitrogens with zero attached hydrogens (tertiary/aromatic N) is 3. The largest absolute Gasteiger partial charge is 0.383 e. The molecule has 1 aliphatic rings. The minimum absolute atomic E-state index is 0.136. The van der Waals surface area contributed by atoms with Crippen molar-refractivity contribution < 1.29 is 9.53 Å². The number of aromatic nitrogens is 2. The first kappa shape index (κ1) is 20.9. The molecule has 0 aliphatic carbocycles. The minimum Gasteiger partial charge on any atom is -0.383 e. The van der Waals surface area contributed by atoms with Gasteiger partial charge in [0.15, 0.2) is 0 Å². The molecule has 2 rings (SSSR count). The van der Waals surface area contributed by atoms with Crippen molar-refractivity contribution in [3.63, 3.8) is 0 Å². The molecule has 0 aromatic carbocycles. The molecule has 2 heterocycles. The summed E-state index contributed by atoms with van der Waals surface area (Å²) in [6.45, 7) is 9.74. The van der Waals surface area contributed by atoms with Gasteiger partial charge in [0, 0.05) is 18.8 Å². The minimum atomic E-state index is 0.136. The highest BCUT2D eigenvalue weighted by Gasteiger charge is 2.10. The van der Waals surface area contributed by atoms with Crippen molar-refractivity contribution in [1.29, 1.82) is 5.41 Å². The number of carbonyl (C=O) groups is 1. The average Bonchev–Trinajstić information content (AvgIpc) is 2.55. The third-order valence-electron chi connectivity index (χ3n) is 2.84. The maximum atomic E-state index is 10.2. The molecule has 0 radical (unpaired) electrons. The van der Waals surface area contributed by atoms with Crippen LogP contribution >= 0.6 is 0 Å². The summed E-state index contributed by atoms with van der Waals surface area (Å²) < 4.78 is 5.10. The molecular weight excluding hydrogens is 296 g/mol. The molecule has 0 spiro atoms. The standard InChI is InChI=1S/C8H11N5O.C5H11NO.C2H6/c1-5(9)6-7(10)12-4-13-8(6)11-2-3-14;1-6-2-4-7-5-3-6;1-2/h3-4,9H,2H2,1H3,(H3,10,11,12,13);2-5H2,1H3;1-2H3. The molecule has 130 valence electrons. The van der Waals surface area contributed by atoms with Crippen molar-refractivity contribution >= 4 is 23.6 Å². The van der Waals surface area contributed by atoms with Crippen LogP contribution in [-0.2, 0) is 9.53 Å². The molecule has 8 heteroatoms. The Morgan fingerprint density at radius 3 is 2.48 bits per heavy atom. The molecule has 0 bridgehead atoms. The molecule has 1 aromatic rings. The van der Waals surface area contributed by atoms with E-state index in [4.69, 9.17) is 15.9 Å². The van der Waals surface area contributed by atoms with E-state index in [1.807, 2.05) is 13.8 Å². The van der Waals surface area contributed by atoms with E-state index in [0.29, 0.717) is 17.7 Å². The maximum Gasteiger partial charge on any atom is 0.141 e. The summed E-state index contributed by atoms with van der Waals surface area (Å²) in [5.41, 5.74) is 6.27. The first-order valence-electron chi connectivity index (χ1n) is 7.66. The third kappa shape index (κ3) is 8.22. The van der Waals surface area contributed by atoms with Crippen molar-refractivity contribution in [2.24, 2.45) is 0 Å². The van der Waals surface area contributed by atoms with Crippen LogP contribution in [0.2, 0.25) is 0 Å². The second-order valence-corrected chi connectivity index (χ2v) is 4.57. The van der Waals surface area contributed by atoms with Gasteiger partial charge in [-0.05, 0) is 14.0 Å². The molecule has 0 unspecified atom stereocenters. The second kappa shape index (κ2) is 12.5. The Bertz CT molecular complexity index is 475. The van der Waals surface area contributed by atoms with Crippen molar-refractivity contribution in [3.8, 4) is 0 Å². The topological polar surface area (TPSA) is 117 Å². The molecule has 1 saturated heterocycles. The Balaban J connectivity index is 0.000000449. The van der Waals surface area contributed by atoms with Gasteiger partial charge in [0.1, 0.15) is 24.2 Å². The Kier molecular flexibility index (Phi) is 11.4. The van der Waals surface area contributed by atoms with Crippen molar-refractivity contribution in [2.75, 3.05) is 50.9 Å². The lowest BCUT2D eigenvalue weighted by Gasteiger charge is -2.21. The fourth-order valence-electron chi connectivity index (χ4n) is 1.70. The van der Waals surface area contributed by atoms with E-state index in [0.717, 1.165) is 26.3 Å². The summed E-state index contributed by atoms with van der Waals surface area (Å²) in [5, 5.41) is 10.2. The molecule has 0 saturated carbocycles. The summed E-state index contributed by atoms with van der Waals surface area (Å²) in [4.78, 5) is 20.1. The van der Waals surface area contributed by atoms with Crippen LogP contribution in [0.15, 0.2) is 6.33 Å². The van der Waals surface area contributed by atoms with Crippen LogP contribution in [0.5, 0.6) is 0 Å². The Morgan fingerprint density at radius 2 is 2.04 bits per heavy atom.